The lowest BCUT2D eigenvalue weighted by atomic mass is 10.1. The first-order valence-corrected chi connectivity index (χ1v) is 6.85. The van der Waals surface area contributed by atoms with Crippen molar-refractivity contribution in [3.05, 3.63) is 59.2 Å². The Morgan fingerprint density at radius 2 is 1.91 bits per heavy atom. The summed E-state index contributed by atoms with van der Waals surface area (Å²) in [7, 11) is 0. The number of amides is 1. The van der Waals surface area contributed by atoms with Gasteiger partial charge >= 0.3 is 0 Å². The first kappa shape index (κ1) is 15.6. The number of aromatic hydroxyl groups is 1. The van der Waals surface area contributed by atoms with E-state index in [9.17, 15) is 9.90 Å². The van der Waals surface area contributed by atoms with Crippen LogP contribution in [0.4, 0.5) is 0 Å². The molecule has 5 nitrogen and oxygen atoms in total. The molecule has 0 spiro atoms. The Hall–Kier alpha value is -2.82. The summed E-state index contributed by atoms with van der Waals surface area (Å²) in [6.45, 7) is 3.81. The van der Waals surface area contributed by atoms with Gasteiger partial charge in [-0.05, 0) is 49.2 Å². The molecule has 5 heteroatoms. The van der Waals surface area contributed by atoms with E-state index in [-0.39, 0.29) is 18.3 Å². The molecule has 2 aromatic carbocycles. The van der Waals surface area contributed by atoms with E-state index in [1.54, 1.807) is 24.3 Å². The SMILES string of the molecule is Cc1cc(C)cc(OCC(=O)N/N=C\c2ccccc2O)c1. The first-order chi connectivity index (χ1) is 10.5. The Morgan fingerprint density at radius 3 is 2.59 bits per heavy atom. The summed E-state index contributed by atoms with van der Waals surface area (Å²) in [6.07, 6.45) is 1.38. The Labute approximate surface area is 129 Å². The van der Waals surface area contributed by atoms with Gasteiger partial charge in [0.15, 0.2) is 6.61 Å². The van der Waals surface area contributed by atoms with Crippen LogP contribution >= 0.6 is 0 Å². The highest BCUT2D eigenvalue weighted by molar-refractivity contribution is 5.85. The average Bonchev–Trinajstić information content (AvgIpc) is 2.46. The zero-order chi connectivity index (χ0) is 15.9. The number of aryl methyl sites for hydroxylation is 2. The highest BCUT2D eigenvalue weighted by Gasteiger charge is 2.03. The van der Waals surface area contributed by atoms with E-state index >= 15 is 0 Å². The quantitative estimate of drug-likeness (QED) is 0.658. The van der Waals surface area contributed by atoms with E-state index in [4.69, 9.17) is 4.74 Å². The number of phenolic OH excluding ortho intramolecular Hbond substituents is 1. The normalized spacial score (nSPS) is 10.6. The molecule has 0 unspecified atom stereocenters. The number of carbonyl (C=O) groups excluding carboxylic acids is 1. The number of ether oxygens (including phenoxy) is 1. The van der Waals surface area contributed by atoms with Crippen LogP contribution in [-0.4, -0.2) is 23.8 Å². The van der Waals surface area contributed by atoms with Crippen molar-refractivity contribution < 1.29 is 14.6 Å². The fourth-order valence-corrected chi connectivity index (χ4v) is 1.97. The third-order valence-corrected chi connectivity index (χ3v) is 2.89. The van der Waals surface area contributed by atoms with Crippen LogP contribution in [0.3, 0.4) is 0 Å². The van der Waals surface area contributed by atoms with Crippen molar-refractivity contribution >= 4 is 12.1 Å². The van der Waals surface area contributed by atoms with Gasteiger partial charge in [0.2, 0.25) is 0 Å². The number of para-hydroxylation sites is 1. The van der Waals surface area contributed by atoms with Crippen LogP contribution in [0.15, 0.2) is 47.6 Å². The largest absolute Gasteiger partial charge is 0.507 e. The van der Waals surface area contributed by atoms with Crippen molar-refractivity contribution in [1.29, 1.82) is 0 Å². The van der Waals surface area contributed by atoms with Crippen molar-refractivity contribution in [2.45, 2.75) is 13.8 Å². The fourth-order valence-electron chi connectivity index (χ4n) is 1.97. The molecule has 22 heavy (non-hydrogen) atoms. The van der Waals surface area contributed by atoms with Crippen LogP contribution < -0.4 is 10.2 Å². The van der Waals surface area contributed by atoms with Gasteiger partial charge in [0.25, 0.3) is 5.91 Å². The van der Waals surface area contributed by atoms with Gasteiger partial charge in [-0.25, -0.2) is 5.43 Å². The van der Waals surface area contributed by atoms with Crippen molar-refractivity contribution in [2.24, 2.45) is 5.10 Å². The number of rotatable bonds is 5. The number of hydrogen-bond acceptors (Lipinski definition) is 4. The average molecular weight is 298 g/mol. The summed E-state index contributed by atoms with van der Waals surface area (Å²) in [5.41, 5.74) is 5.03. The highest BCUT2D eigenvalue weighted by Crippen LogP contribution is 2.16. The Morgan fingerprint density at radius 1 is 1.23 bits per heavy atom. The van der Waals surface area contributed by atoms with Gasteiger partial charge in [0, 0.05) is 5.56 Å². The number of hydrazone groups is 1. The maximum absolute atomic E-state index is 11.6. The second-order valence-corrected chi connectivity index (χ2v) is 4.96. The molecule has 0 atom stereocenters. The maximum Gasteiger partial charge on any atom is 0.277 e. The van der Waals surface area contributed by atoms with Gasteiger partial charge in [0.1, 0.15) is 11.5 Å². The minimum atomic E-state index is -0.370. The molecule has 0 saturated heterocycles. The Bertz CT molecular complexity index is 676. The molecule has 0 aliphatic rings. The van der Waals surface area contributed by atoms with Gasteiger partial charge in [-0.1, -0.05) is 18.2 Å². The smallest absolute Gasteiger partial charge is 0.277 e. The lowest BCUT2D eigenvalue weighted by Gasteiger charge is -2.07. The molecular formula is C17H18N2O3. The molecule has 0 fully saturated rings. The molecule has 2 rings (SSSR count). The molecule has 114 valence electrons. The van der Waals surface area contributed by atoms with Gasteiger partial charge in [0.05, 0.1) is 6.21 Å². The molecule has 0 bridgehead atoms. The molecule has 0 aliphatic carbocycles. The summed E-state index contributed by atoms with van der Waals surface area (Å²) >= 11 is 0. The monoisotopic (exact) mass is 298 g/mol. The molecule has 1 amide bonds. The fraction of sp³-hybridized carbons (Fsp3) is 0.176. The number of phenols is 1. The molecule has 0 heterocycles. The number of hydrogen-bond donors (Lipinski definition) is 2. The van der Waals surface area contributed by atoms with Gasteiger partial charge in [-0.2, -0.15) is 5.10 Å². The van der Waals surface area contributed by atoms with Crippen molar-refractivity contribution in [3.63, 3.8) is 0 Å². The van der Waals surface area contributed by atoms with Gasteiger partial charge in [-0.3, -0.25) is 4.79 Å². The highest BCUT2D eigenvalue weighted by atomic mass is 16.5. The zero-order valence-corrected chi connectivity index (χ0v) is 12.5. The van der Waals surface area contributed by atoms with Crippen LogP contribution in [-0.2, 0) is 4.79 Å². The molecule has 0 radical (unpaired) electrons. The van der Waals surface area contributed by atoms with E-state index < -0.39 is 0 Å². The number of carbonyl (C=O) groups is 1. The number of nitrogens with zero attached hydrogens (tertiary/aromatic N) is 1. The Kier molecular flexibility index (Phi) is 5.14. The summed E-state index contributed by atoms with van der Waals surface area (Å²) in [5, 5.41) is 13.3. The van der Waals surface area contributed by atoms with E-state index in [0.29, 0.717) is 11.3 Å². The van der Waals surface area contributed by atoms with Gasteiger partial charge < -0.3 is 9.84 Å². The molecular weight excluding hydrogens is 280 g/mol. The summed E-state index contributed by atoms with van der Waals surface area (Å²) in [6, 6.07) is 12.5. The number of benzene rings is 2. The molecule has 0 aliphatic heterocycles. The van der Waals surface area contributed by atoms with E-state index in [0.717, 1.165) is 11.1 Å². The van der Waals surface area contributed by atoms with Crippen LogP contribution in [0.25, 0.3) is 0 Å². The number of nitrogens with one attached hydrogen (secondary N) is 1. The molecule has 0 aromatic heterocycles. The Balaban J connectivity index is 1.84. The predicted octanol–water partition coefficient (Wildman–Crippen LogP) is 2.54. The van der Waals surface area contributed by atoms with Crippen molar-refractivity contribution in [2.75, 3.05) is 6.61 Å². The zero-order valence-electron chi connectivity index (χ0n) is 12.5. The third-order valence-electron chi connectivity index (χ3n) is 2.89. The van der Waals surface area contributed by atoms with Crippen LogP contribution in [0.1, 0.15) is 16.7 Å². The molecule has 0 saturated carbocycles. The topological polar surface area (TPSA) is 70.9 Å². The minimum absolute atomic E-state index is 0.104. The molecule has 2 aromatic rings. The lowest BCUT2D eigenvalue weighted by Crippen LogP contribution is -2.24. The summed E-state index contributed by atoms with van der Waals surface area (Å²) < 4.78 is 5.42. The van der Waals surface area contributed by atoms with E-state index in [1.807, 2.05) is 32.0 Å². The van der Waals surface area contributed by atoms with E-state index in [2.05, 4.69) is 10.5 Å². The van der Waals surface area contributed by atoms with Crippen LogP contribution in [0.5, 0.6) is 11.5 Å². The standard InChI is InChI=1S/C17H18N2O3/c1-12-7-13(2)9-15(8-12)22-11-17(21)19-18-10-14-5-3-4-6-16(14)20/h3-10,20H,11H2,1-2H3,(H,19,21)/b18-10-. The lowest BCUT2D eigenvalue weighted by molar-refractivity contribution is -0.123. The predicted molar refractivity (Wildman–Crippen MR) is 85.3 cm³/mol. The van der Waals surface area contributed by atoms with Crippen molar-refractivity contribution in [3.8, 4) is 11.5 Å². The maximum atomic E-state index is 11.6. The third kappa shape index (κ3) is 4.63. The minimum Gasteiger partial charge on any atom is -0.507 e. The summed E-state index contributed by atoms with van der Waals surface area (Å²) in [5.74, 6) is 0.384. The van der Waals surface area contributed by atoms with E-state index in [1.165, 1.54) is 6.21 Å². The van der Waals surface area contributed by atoms with Crippen molar-refractivity contribution in [1.82, 2.24) is 5.43 Å². The first-order valence-electron chi connectivity index (χ1n) is 6.85. The van der Waals surface area contributed by atoms with Crippen LogP contribution in [0.2, 0.25) is 0 Å². The van der Waals surface area contributed by atoms with Crippen LogP contribution in [0, 0.1) is 13.8 Å². The second kappa shape index (κ2) is 7.26. The molecule has 2 N–H and O–H groups in total. The summed E-state index contributed by atoms with van der Waals surface area (Å²) in [4.78, 5) is 11.6. The second-order valence-electron chi connectivity index (χ2n) is 4.96. The van der Waals surface area contributed by atoms with Gasteiger partial charge in [-0.15, -0.1) is 0 Å².